The topological polar surface area (TPSA) is 132 Å². The fraction of sp³-hybridized carbons (Fsp3) is 0. The molecule has 0 bridgehead atoms. The number of nitrogens with one attached hydrogen (secondary N) is 1. The number of hydrogen-bond acceptors (Lipinski definition) is 7. The predicted molar refractivity (Wildman–Crippen MR) is 71.8 cm³/mol. The van der Waals surface area contributed by atoms with Crippen LogP contribution in [0.2, 0.25) is 0 Å². The number of para-hydroxylation sites is 1. The van der Waals surface area contributed by atoms with Gasteiger partial charge < -0.3 is 9.84 Å². The van der Waals surface area contributed by atoms with Gasteiger partial charge in [0.25, 0.3) is 5.91 Å². The summed E-state index contributed by atoms with van der Waals surface area (Å²) >= 11 is 0.684. The Morgan fingerprint density at radius 1 is 1.38 bits per heavy atom. The molecule has 0 aliphatic carbocycles. The minimum Gasteiger partial charge on any atom is -0.449 e. The van der Waals surface area contributed by atoms with E-state index in [9.17, 15) is 19.7 Å². The zero-order chi connectivity index (χ0) is 15.4. The molecule has 9 nitrogen and oxygen atoms in total. The summed E-state index contributed by atoms with van der Waals surface area (Å²) in [7, 11) is 0. The number of carbonyl (C=O) groups excluding carboxylic acids is 1. The van der Waals surface area contributed by atoms with Crippen LogP contribution in [0.1, 0.15) is 10.4 Å². The lowest BCUT2D eigenvalue weighted by atomic mass is 10.2. The van der Waals surface area contributed by atoms with Crippen molar-refractivity contribution in [2.75, 3.05) is 5.32 Å². The largest absolute Gasteiger partial charge is 0.511 e. The van der Waals surface area contributed by atoms with Crippen LogP contribution in [0.5, 0.6) is 5.75 Å². The number of rotatable bonds is 4. The molecule has 10 heteroatoms. The molecule has 2 N–H and O–H groups in total. The molecule has 1 aromatic carbocycles. The number of hydrogen-bond donors (Lipinski definition) is 2. The van der Waals surface area contributed by atoms with E-state index >= 15 is 0 Å². The monoisotopic (exact) mass is 309 g/mol. The van der Waals surface area contributed by atoms with E-state index in [-0.39, 0.29) is 21.4 Å². The third kappa shape index (κ3) is 3.51. The molecule has 0 saturated carbocycles. The fourth-order valence-corrected chi connectivity index (χ4v) is 2.04. The number of ether oxygens (including phenoxy) is 1. The van der Waals surface area contributed by atoms with Gasteiger partial charge in [0, 0.05) is 0 Å². The maximum Gasteiger partial charge on any atom is 0.511 e. The molecule has 108 valence electrons. The number of thiazole rings is 1. The minimum atomic E-state index is -1.56. The Morgan fingerprint density at radius 3 is 2.71 bits per heavy atom. The van der Waals surface area contributed by atoms with Crippen LogP contribution in [-0.4, -0.2) is 27.1 Å². The zero-order valence-corrected chi connectivity index (χ0v) is 11.0. The first-order chi connectivity index (χ1) is 9.97. The van der Waals surface area contributed by atoms with Crippen LogP contribution >= 0.6 is 11.3 Å². The van der Waals surface area contributed by atoms with Crippen molar-refractivity contribution >= 4 is 33.5 Å². The van der Waals surface area contributed by atoms with Crippen LogP contribution in [0.25, 0.3) is 0 Å². The van der Waals surface area contributed by atoms with Crippen molar-refractivity contribution < 1.29 is 24.4 Å². The maximum atomic E-state index is 12.0. The zero-order valence-electron chi connectivity index (χ0n) is 10.2. The molecular weight excluding hydrogens is 302 g/mol. The molecule has 1 amide bonds. The number of carboxylic acid groups (broad SMARTS) is 1. The summed E-state index contributed by atoms with van der Waals surface area (Å²) in [4.78, 5) is 36.1. The fourth-order valence-electron chi connectivity index (χ4n) is 1.41. The standard InChI is InChI=1S/C11H7N3O6S/c15-9(13-10-12-5-8(21-10)14(18)19)6-3-1-2-4-7(6)20-11(16)17/h1-5H,(H,16,17)(H,12,13,15). The quantitative estimate of drug-likeness (QED) is 0.383. The van der Waals surface area contributed by atoms with Crippen LogP contribution in [0.15, 0.2) is 30.5 Å². The Morgan fingerprint density at radius 2 is 2.10 bits per heavy atom. The summed E-state index contributed by atoms with van der Waals surface area (Å²) < 4.78 is 4.48. The summed E-state index contributed by atoms with van der Waals surface area (Å²) in [6.07, 6.45) is -0.542. The summed E-state index contributed by atoms with van der Waals surface area (Å²) in [6.45, 7) is 0. The van der Waals surface area contributed by atoms with Crippen molar-refractivity contribution in [2.45, 2.75) is 0 Å². The molecular formula is C11H7N3O6S. The lowest BCUT2D eigenvalue weighted by molar-refractivity contribution is -0.380. The molecule has 0 atom stereocenters. The summed E-state index contributed by atoms with van der Waals surface area (Å²) in [5.41, 5.74) is -0.0299. The van der Waals surface area contributed by atoms with Gasteiger partial charge in [0.2, 0.25) is 0 Å². The van der Waals surface area contributed by atoms with Gasteiger partial charge in [0.1, 0.15) is 11.9 Å². The highest BCUT2D eigenvalue weighted by Crippen LogP contribution is 2.26. The smallest absolute Gasteiger partial charge is 0.449 e. The van der Waals surface area contributed by atoms with E-state index in [1.807, 2.05) is 0 Å². The molecule has 1 heterocycles. The van der Waals surface area contributed by atoms with E-state index in [1.165, 1.54) is 24.3 Å². The second kappa shape index (κ2) is 5.96. The van der Waals surface area contributed by atoms with E-state index < -0.39 is 17.0 Å². The summed E-state index contributed by atoms with van der Waals surface area (Å²) in [6, 6.07) is 5.69. The van der Waals surface area contributed by atoms with Gasteiger partial charge in [-0.3, -0.25) is 20.2 Å². The van der Waals surface area contributed by atoms with Gasteiger partial charge in [-0.25, -0.2) is 9.78 Å². The van der Waals surface area contributed by atoms with Gasteiger partial charge in [0.05, 0.1) is 10.5 Å². The third-order valence-corrected chi connectivity index (χ3v) is 3.09. The van der Waals surface area contributed by atoms with E-state index in [4.69, 9.17) is 5.11 Å². The average molecular weight is 309 g/mol. The van der Waals surface area contributed by atoms with E-state index in [0.717, 1.165) is 6.20 Å². The first-order valence-corrected chi connectivity index (χ1v) is 6.20. The molecule has 0 spiro atoms. The van der Waals surface area contributed by atoms with Crippen molar-refractivity contribution in [1.29, 1.82) is 0 Å². The lowest BCUT2D eigenvalue weighted by Gasteiger charge is -2.06. The number of nitro groups is 1. The van der Waals surface area contributed by atoms with Gasteiger partial charge in [0.15, 0.2) is 5.13 Å². The van der Waals surface area contributed by atoms with Crippen molar-refractivity contribution in [3.63, 3.8) is 0 Å². The number of anilines is 1. The maximum absolute atomic E-state index is 12.0. The van der Waals surface area contributed by atoms with Crippen molar-refractivity contribution in [2.24, 2.45) is 0 Å². The highest BCUT2D eigenvalue weighted by atomic mass is 32.1. The van der Waals surface area contributed by atoms with Crippen LogP contribution < -0.4 is 10.1 Å². The number of amides is 1. The Kier molecular flexibility index (Phi) is 4.09. The first-order valence-electron chi connectivity index (χ1n) is 5.38. The number of benzene rings is 1. The van der Waals surface area contributed by atoms with E-state index in [1.54, 1.807) is 0 Å². The molecule has 0 aliphatic rings. The van der Waals surface area contributed by atoms with Crippen LogP contribution in [0, 0.1) is 10.1 Å². The van der Waals surface area contributed by atoms with E-state index in [0.29, 0.717) is 11.3 Å². The number of carbonyl (C=O) groups is 2. The Bertz CT molecular complexity index is 713. The molecule has 0 saturated heterocycles. The molecule has 0 unspecified atom stereocenters. The van der Waals surface area contributed by atoms with Crippen LogP contribution in [-0.2, 0) is 0 Å². The molecule has 2 aromatic rings. The molecule has 21 heavy (non-hydrogen) atoms. The molecule has 0 radical (unpaired) electrons. The van der Waals surface area contributed by atoms with Crippen molar-refractivity contribution in [3.8, 4) is 5.75 Å². The Hall–Kier alpha value is -3.01. The Balaban J connectivity index is 2.19. The second-order valence-corrected chi connectivity index (χ2v) is 4.59. The SMILES string of the molecule is O=C(O)Oc1ccccc1C(=O)Nc1ncc([N+](=O)[O-])s1. The van der Waals surface area contributed by atoms with Gasteiger partial charge in [-0.2, -0.15) is 0 Å². The highest BCUT2D eigenvalue weighted by molar-refractivity contribution is 7.18. The third-order valence-electron chi connectivity index (χ3n) is 2.22. The number of aromatic nitrogens is 1. The second-order valence-electron chi connectivity index (χ2n) is 3.58. The average Bonchev–Trinajstić information content (AvgIpc) is 2.87. The lowest BCUT2D eigenvalue weighted by Crippen LogP contribution is -2.14. The van der Waals surface area contributed by atoms with Crippen LogP contribution in [0.3, 0.4) is 0 Å². The number of nitrogens with zero attached hydrogens (tertiary/aromatic N) is 2. The van der Waals surface area contributed by atoms with Gasteiger partial charge in [-0.05, 0) is 23.5 Å². The first kappa shape index (κ1) is 14.4. The van der Waals surface area contributed by atoms with Crippen molar-refractivity contribution in [3.05, 3.63) is 46.1 Å². The van der Waals surface area contributed by atoms with E-state index in [2.05, 4.69) is 15.0 Å². The van der Waals surface area contributed by atoms with Gasteiger partial charge in [-0.15, -0.1) is 0 Å². The summed E-state index contributed by atoms with van der Waals surface area (Å²) in [5, 5.41) is 21.3. The molecule has 0 aliphatic heterocycles. The van der Waals surface area contributed by atoms with Crippen LogP contribution in [0.4, 0.5) is 14.9 Å². The normalized spacial score (nSPS) is 9.90. The highest BCUT2D eigenvalue weighted by Gasteiger charge is 2.18. The molecule has 2 rings (SSSR count). The van der Waals surface area contributed by atoms with Crippen molar-refractivity contribution in [1.82, 2.24) is 4.98 Å². The van der Waals surface area contributed by atoms with Gasteiger partial charge >= 0.3 is 11.2 Å². The summed E-state index contributed by atoms with van der Waals surface area (Å²) in [5.74, 6) is -0.829. The molecule has 0 fully saturated rings. The predicted octanol–water partition coefficient (Wildman–Crippen LogP) is 2.36. The molecule has 1 aromatic heterocycles. The Labute approximate surface area is 121 Å². The minimum absolute atomic E-state index is 0.0248. The van der Waals surface area contributed by atoms with Gasteiger partial charge in [-0.1, -0.05) is 12.1 Å².